The predicted octanol–water partition coefficient (Wildman–Crippen LogP) is -0.721. The molecule has 0 aliphatic carbocycles. The Balaban J connectivity index is -0.0000000267. The topological polar surface area (TPSA) is 37.3 Å². The number of rotatable bonds is 1. The molecule has 0 saturated carbocycles. The Morgan fingerprint density at radius 1 is 2.00 bits per heavy atom. The van der Waals surface area contributed by atoms with E-state index in [4.69, 9.17) is 5.11 Å². The van der Waals surface area contributed by atoms with Crippen molar-refractivity contribution in [3.05, 3.63) is 0 Å². The van der Waals surface area contributed by atoms with Gasteiger partial charge in [0.15, 0.2) is 0 Å². The molecule has 0 spiro atoms. The maximum atomic E-state index is 9.43. The van der Waals surface area contributed by atoms with Gasteiger partial charge in [-0.15, -0.1) is 12.6 Å². The summed E-state index contributed by atoms with van der Waals surface area (Å²) in [6.07, 6.45) is 0. The quantitative estimate of drug-likeness (QED) is 0.367. The van der Waals surface area contributed by atoms with E-state index in [-0.39, 0.29) is 40.6 Å². The van der Waals surface area contributed by atoms with E-state index in [1.165, 1.54) is 0 Å². The minimum atomic E-state index is -0.495. The summed E-state index contributed by atoms with van der Waals surface area (Å²) in [6, 6.07) is 0. The van der Waals surface area contributed by atoms with Crippen molar-refractivity contribution >= 4 is 55.5 Å². The molecule has 2 nitrogen and oxygen atoms in total. The Labute approximate surface area is 74.3 Å². The van der Waals surface area contributed by atoms with Crippen LogP contribution in [0.5, 0.6) is 0 Å². The van der Waals surface area contributed by atoms with Gasteiger partial charge in [0.25, 0.3) is 0 Å². The second kappa shape index (κ2) is 6.24. The molecule has 6 heavy (non-hydrogen) atoms. The SMILES string of the molecule is O=C(S)CO.[Ca+2].[H-].[H-]. The van der Waals surface area contributed by atoms with Crippen LogP contribution in [0.25, 0.3) is 0 Å². The Bertz CT molecular complexity index is 53.3. The van der Waals surface area contributed by atoms with Crippen LogP contribution in [0.2, 0.25) is 0 Å². The van der Waals surface area contributed by atoms with Crippen LogP contribution >= 0.6 is 12.6 Å². The second-order valence-corrected chi connectivity index (χ2v) is 1.05. The van der Waals surface area contributed by atoms with E-state index >= 15 is 0 Å². The fourth-order valence-electron chi connectivity index (χ4n) is 0. The zero-order valence-electron chi connectivity index (χ0n) is 5.22. The van der Waals surface area contributed by atoms with Crippen LogP contribution in [0, 0.1) is 0 Å². The van der Waals surface area contributed by atoms with Crippen molar-refractivity contribution in [2.75, 3.05) is 6.61 Å². The smallest absolute Gasteiger partial charge is 1.00 e. The first-order chi connectivity index (χ1) is 2.27. The molecular weight excluding hydrogens is 128 g/mol. The van der Waals surface area contributed by atoms with Crippen LogP contribution in [-0.2, 0) is 4.79 Å². The van der Waals surface area contributed by atoms with E-state index in [1.807, 2.05) is 0 Å². The van der Waals surface area contributed by atoms with E-state index in [9.17, 15) is 4.79 Å². The summed E-state index contributed by atoms with van der Waals surface area (Å²) in [7, 11) is 0. The normalized spacial score (nSPS) is 6.33. The summed E-state index contributed by atoms with van der Waals surface area (Å²) >= 11 is 3.21. The van der Waals surface area contributed by atoms with E-state index in [0.717, 1.165) is 0 Å². The van der Waals surface area contributed by atoms with Gasteiger partial charge in [0.05, 0.1) is 0 Å². The molecule has 0 aliphatic heterocycles. The number of carbonyl (C=O) groups is 1. The van der Waals surface area contributed by atoms with Gasteiger partial charge in [-0.3, -0.25) is 4.79 Å². The van der Waals surface area contributed by atoms with Gasteiger partial charge in [-0.1, -0.05) is 0 Å². The third-order valence-corrected chi connectivity index (χ3v) is 0.277. The number of aliphatic hydroxyl groups is 1. The summed E-state index contributed by atoms with van der Waals surface area (Å²) < 4.78 is 0. The van der Waals surface area contributed by atoms with E-state index < -0.39 is 11.7 Å². The van der Waals surface area contributed by atoms with Crippen molar-refractivity contribution < 1.29 is 12.8 Å². The molecule has 0 aliphatic rings. The van der Waals surface area contributed by atoms with Crippen molar-refractivity contribution in [3.8, 4) is 0 Å². The van der Waals surface area contributed by atoms with Gasteiger partial charge >= 0.3 is 37.7 Å². The molecule has 0 atom stereocenters. The maximum absolute atomic E-state index is 9.43. The van der Waals surface area contributed by atoms with Crippen LogP contribution < -0.4 is 0 Å². The molecule has 1 N–H and O–H groups in total. The summed E-state index contributed by atoms with van der Waals surface area (Å²) in [5, 5.41) is 7.22. The fraction of sp³-hybridized carbons (Fsp3) is 0.500. The first-order valence-electron chi connectivity index (χ1n) is 1.10. The Kier molecular flexibility index (Phi) is 10.7. The Morgan fingerprint density at radius 2 is 2.17 bits per heavy atom. The van der Waals surface area contributed by atoms with Crippen LogP contribution in [-0.4, -0.2) is 54.6 Å². The van der Waals surface area contributed by atoms with Crippen molar-refractivity contribution in [1.82, 2.24) is 0 Å². The van der Waals surface area contributed by atoms with Crippen molar-refractivity contribution in [2.45, 2.75) is 0 Å². The third-order valence-electron chi connectivity index (χ3n) is 0.135. The average molecular weight is 134 g/mol. The minimum Gasteiger partial charge on any atom is -1.00 e. The monoisotopic (exact) mass is 134 g/mol. The van der Waals surface area contributed by atoms with Crippen LogP contribution in [0.3, 0.4) is 0 Å². The van der Waals surface area contributed by atoms with Gasteiger partial charge < -0.3 is 7.96 Å². The first kappa shape index (κ1) is 10.3. The first-order valence-corrected chi connectivity index (χ1v) is 1.54. The zero-order valence-corrected chi connectivity index (χ0v) is 6.32. The molecule has 0 bridgehead atoms. The molecule has 0 unspecified atom stereocenters. The standard InChI is InChI=1S/C2H4O2S.Ca.2H/c3-1-2(4)5;;;/h3H,1H2,(H,4,5);;;/q;+2;2*-1. The zero-order chi connectivity index (χ0) is 4.28. The minimum absolute atomic E-state index is 0. The molecule has 0 fully saturated rings. The summed E-state index contributed by atoms with van der Waals surface area (Å²) in [4.78, 5) is 9.43. The van der Waals surface area contributed by atoms with Gasteiger partial charge in [-0.05, 0) is 0 Å². The van der Waals surface area contributed by atoms with E-state index in [1.54, 1.807) is 0 Å². The van der Waals surface area contributed by atoms with Crippen molar-refractivity contribution in [3.63, 3.8) is 0 Å². The summed E-state index contributed by atoms with van der Waals surface area (Å²) in [6.45, 7) is -0.469. The molecule has 0 aromatic rings. The van der Waals surface area contributed by atoms with Crippen LogP contribution in [0.1, 0.15) is 2.85 Å². The molecular formula is C2H6CaO2S. The molecule has 0 aromatic carbocycles. The molecule has 34 valence electrons. The van der Waals surface area contributed by atoms with Gasteiger partial charge in [0.2, 0.25) is 5.12 Å². The molecule has 0 radical (unpaired) electrons. The average Bonchev–Trinajstić information content (AvgIpc) is 1.38. The molecule has 4 heteroatoms. The van der Waals surface area contributed by atoms with E-state index in [2.05, 4.69) is 12.6 Å². The molecule has 0 aromatic heterocycles. The number of thiol groups is 1. The van der Waals surface area contributed by atoms with Gasteiger partial charge in [0.1, 0.15) is 6.61 Å². The van der Waals surface area contributed by atoms with Crippen molar-refractivity contribution in [1.29, 1.82) is 0 Å². The summed E-state index contributed by atoms with van der Waals surface area (Å²) in [5.41, 5.74) is 0. The summed E-state index contributed by atoms with van der Waals surface area (Å²) in [5.74, 6) is 0. The molecule has 0 saturated heterocycles. The number of hydrogen-bond donors (Lipinski definition) is 2. The second-order valence-electron chi connectivity index (χ2n) is 0.552. The van der Waals surface area contributed by atoms with Gasteiger partial charge in [-0.2, -0.15) is 0 Å². The Hall–Kier alpha value is 1.24. The van der Waals surface area contributed by atoms with E-state index in [0.29, 0.717) is 0 Å². The molecule has 0 amide bonds. The number of aliphatic hydroxyl groups excluding tert-OH is 1. The van der Waals surface area contributed by atoms with Crippen molar-refractivity contribution in [2.24, 2.45) is 0 Å². The third kappa shape index (κ3) is 8.97. The molecule has 0 rings (SSSR count). The maximum Gasteiger partial charge on any atom is 2.00 e. The van der Waals surface area contributed by atoms with Crippen LogP contribution in [0.4, 0.5) is 0 Å². The largest absolute Gasteiger partial charge is 2.00 e. The molecule has 0 heterocycles. The Morgan fingerprint density at radius 3 is 2.17 bits per heavy atom. The predicted molar refractivity (Wildman–Crippen MR) is 29.1 cm³/mol. The van der Waals surface area contributed by atoms with Gasteiger partial charge in [-0.25, -0.2) is 0 Å². The van der Waals surface area contributed by atoms with Gasteiger partial charge in [0, 0.05) is 0 Å². The van der Waals surface area contributed by atoms with Crippen LogP contribution in [0.15, 0.2) is 0 Å². The number of carbonyl (C=O) groups excluding carboxylic acids is 1. The fourth-order valence-corrected chi connectivity index (χ4v) is 0. The number of hydrogen-bond acceptors (Lipinski definition) is 2.